The summed E-state index contributed by atoms with van der Waals surface area (Å²) in [6.07, 6.45) is 1.80. The molecular weight excluding hydrogens is 282 g/mol. The van der Waals surface area contributed by atoms with Gasteiger partial charge in [-0.25, -0.2) is 0 Å². The number of benzene rings is 2. The summed E-state index contributed by atoms with van der Waals surface area (Å²) >= 11 is 0. The third-order valence-electron chi connectivity index (χ3n) is 4.08. The van der Waals surface area contributed by atoms with Crippen molar-refractivity contribution in [3.8, 4) is 0 Å². The van der Waals surface area contributed by atoms with Crippen LogP contribution in [-0.2, 0) is 0 Å². The summed E-state index contributed by atoms with van der Waals surface area (Å²) in [6, 6.07) is 26.9. The van der Waals surface area contributed by atoms with Crippen LogP contribution in [0, 0.1) is 0 Å². The Morgan fingerprint density at radius 2 is 1.35 bits per heavy atom. The van der Waals surface area contributed by atoms with Gasteiger partial charge in [-0.1, -0.05) is 66.7 Å². The van der Waals surface area contributed by atoms with Crippen LogP contribution in [0.25, 0.3) is 0 Å². The van der Waals surface area contributed by atoms with Crippen LogP contribution in [0.15, 0.2) is 90.1 Å². The Labute approximate surface area is 135 Å². The van der Waals surface area contributed by atoms with Crippen molar-refractivity contribution in [2.24, 2.45) is 4.99 Å². The third-order valence-corrected chi connectivity index (χ3v) is 4.08. The summed E-state index contributed by atoms with van der Waals surface area (Å²) in [6.45, 7) is 0. The highest BCUT2D eigenvalue weighted by molar-refractivity contribution is 5.98. The fraction of sp³-hybridized carbons (Fsp3) is 0.100. The molecule has 3 nitrogen and oxygen atoms in total. The summed E-state index contributed by atoms with van der Waals surface area (Å²) in [7, 11) is 0. The van der Waals surface area contributed by atoms with Gasteiger partial charge in [-0.2, -0.15) is 0 Å². The maximum atomic E-state index is 4.93. The maximum absolute atomic E-state index is 4.93. The average molecular weight is 299 g/mol. The lowest BCUT2D eigenvalue weighted by Gasteiger charge is -2.19. The van der Waals surface area contributed by atoms with Crippen molar-refractivity contribution in [1.82, 2.24) is 10.3 Å². The number of aliphatic imine (C=N–C) groups is 1. The van der Waals surface area contributed by atoms with Gasteiger partial charge in [0.05, 0.1) is 6.04 Å². The van der Waals surface area contributed by atoms with Gasteiger partial charge in [0.2, 0.25) is 0 Å². The highest BCUT2D eigenvalue weighted by Gasteiger charge is 2.31. The molecule has 0 saturated heterocycles. The van der Waals surface area contributed by atoms with Gasteiger partial charge in [-0.15, -0.1) is 0 Å². The Hall–Kier alpha value is -2.94. The van der Waals surface area contributed by atoms with E-state index in [1.165, 1.54) is 11.1 Å². The lowest BCUT2D eigenvalue weighted by atomic mass is 9.95. The maximum Gasteiger partial charge on any atom is 0.148 e. The first-order chi connectivity index (χ1) is 11.4. The monoisotopic (exact) mass is 299 g/mol. The standard InChI is InChI=1S/C20H17N3/c1-3-9-15(10-4-1)18-19(16-11-5-2-6-12-16)23-20(22-18)17-13-7-8-14-21-17/h1-14,18-19H,(H,22,23)/t18-,19+. The Kier molecular flexibility index (Phi) is 3.60. The van der Waals surface area contributed by atoms with Crippen LogP contribution in [0.5, 0.6) is 0 Å². The van der Waals surface area contributed by atoms with E-state index < -0.39 is 0 Å². The molecule has 0 saturated carbocycles. The summed E-state index contributed by atoms with van der Waals surface area (Å²) < 4.78 is 0. The van der Waals surface area contributed by atoms with E-state index in [1.807, 2.05) is 30.3 Å². The van der Waals surface area contributed by atoms with Crippen molar-refractivity contribution >= 4 is 5.84 Å². The predicted octanol–water partition coefficient (Wildman–Crippen LogP) is 3.91. The molecule has 0 fully saturated rings. The number of amidine groups is 1. The van der Waals surface area contributed by atoms with E-state index in [2.05, 4.69) is 58.8 Å². The molecule has 1 aliphatic rings. The van der Waals surface area contributed by atoms with Crippen LogP contribution in [0.2, 0.25) is 0 Å². The van der Waals surface area contributed by atoms with Gasteiger partial charge in [-0.05, 0) is 23.3 Å². The van der Waals surface area contributed by atoms with Crippen LogP contribution in [-0.4, -0.2) is 10.8 Å². The van der Waals surface area contributed by atoms with Gasteiger partial charge in [0.15, 0.2) is 0 Å². The van der Waals surface area contributed by atoms with E-state index in [0.717, 1.165) is 11.5 Å². The summed E-state index contributed by atoms with van der Waals surface area (Å²) in [5, 5.41) is 3.56. The molecule has 4 rings (SSSR count). The molecule has 0 bridgehead atoms. The third kappa shape index (κ3) is 2.73. The minimum Gasteiger partial charge on any atom is -0.359 e. The molecule has 0 spiro atoms. The molecule has 1 aromatic heterocycles. The van der Waals surface area contributed by atoms with Gasteiger partial charge in [0.25, 0.3) is 0 Å². The zero-order valence-electron chi connectivity index (χ0n) is 12.6. The quantitative estimate of drug-likeness (QED) is 0.796. The van der Waals surface area contributed by atoms with Crippen LogP contribution in [0.1, 0.15) is 28.9 Å². The molecule has 0 aliphatic carbocycles. The van der Waals surface area contributed by atoms with E-state index in [1.54, 1.807) is 6.20 Å². The SMILES string of the molecule is c1ccc([C@H]2N=C(c3ccccn3)N[C@H]2c2ccccc2)cc1. The smallest absolute Gasteiger partial charge is 0.148 e. The van der Waals surface area contributed by atoms with Crippen LogP contribution in [0.4, 0.5) is 0 Å². The first-order valence-corrected chi connectivity index (χ1v) is 7.77. The van der Waals surface area contributed by atoms with Crippen molar-refractivity contribution in [3.63, 3.8) is 0 Å². The minimum absolute atomic E-state index is 0.0515. The lowest BCUT2D eigenvalue weighted by Crippen LogP contribution is -2.25. The van der Waals surface area contributed by atoms with Crippen LogP contribution < -0.4 is 5.32 Å². The molecule has 0 radical (unpaired) electrons. The van der Waals surface area contributed by atoms with E-state index >= 15 is 0 Å². The largest absolute Gasteiger partial charge is 0.359 e. The van der Waals surface area contributed by atoms with Crippen molar-refractivity contribution in [2.75, 3.05) is 0 Å². The first-order valence-electron chi connectivity index (χ1n) is 7.77. The number of rotatable bonds is 3. The molecule has 23 heavy (non-hydrogen) atoms. The molecular formula is C20H17N3. The normalized spacial score (nSPS) is 19.9. The molecule has 3 aromatic rings. The average Bonchev–Trinajstić information content (AvgIpc) is 3.09. The van der Waals surface area contributed by atoms with Gasteiger partial charge < -0.3 is 5.32 Å². The zero-order chi connectivity index (χ0) is 15.5. The summed E-state index contributed by atoms with van der Waals surface area (Å²) in [5.74, 6) is 0.855. The lowest BCUT2D eigenvalue weighted by molar-refractivity contribution is 0.572. The number of aromatic nitrogens is 1. The highest BCUT2D eigenvalue weighted by Crippen LogP contribution is 2.36. The Morgan fingerprint density at radius 3 is 2.00 bits per heavy atom. The molecule has 0 amide bonds. The van der Waals surface area contributed by atoms with E-state index in [4.69, 9.17) is 4.99 Å². The zero-order valence-corrected chi connectivity index (χ0v) is 12.6. The number of pyridine rings is 1. The van der Waals surface area contributed by atoms with Crippen molar-refractivity contribution < 1.29 is 0 Å². The van der Waals surface area contributed by atoms with Crippen molar-refractivity contribution in [2.45, 2.75) is 12.1 Å². The topological polar surface area (TPSA) is 37.3 Å². The molecule has 112 valence electrons. The minimum atomic E-state index is 0.0515. The summed E-state index contributed by atoms with van der Waals surface area (Å²) in [5.41, 5.74) is 3.32. The van der Waals surface area contributed by atoms with Gasteiger partial charge in [-0.3, -0.25) is 9.98 Å². The second kappa shape index (κ2) is 6.05. The Balaban J connectivity index is 1.75. The molecule has 0 unspecified atom stereocenters. The molecule has 2 aromatic carbocycles. The van der Waals surface area contributed by atoms with Crippen molar-refractivity contribution in [1.29, 1.82) is 0 Å². The molecule has 2 atom stereocenters. The van der Waals surface area contributed by atoms with Crippen LogP contribution >= 0.6 is 0 Å². The van der Waals surface area contributed by atoms with Crippen molar-refractivity contribution in [3.05, 3.63) is 102 Å². The number of nitrogens with one attached hydrogen (secondary N) is 1. The molecule has 1 N–H and O–H groups in total. The second-order valence-electron chi connectivity index (χ2n) is 5.58. The van der Waals surface area contributed by atoms with Crippen LogP contribution in [0.3, 0.4) is 0 Å². The van der Waals surface area contributed by atoms with Gasteiger partial charge in [0.1, 0.15) is 17.6 Å². The molecule has 1 aliphatic heterocycles. The number of hydrogen-bond acceptors (Lipinski definition) is 3. The number of hydrogen-bond donors (Lipinski definition) is 1. The fourth-order valence-corrected chi connectivity index (χ4v) is 2.96. The predicted molar refractivity (Wildman–Crippen MR) is 92.3 cm³/mol. The Bertz CT molecular complexity index is 798. The first kappa shape index (κ1) is 13.7. The van der Waals surface area contributed by atoms with E-state index in [9.17, 15) is 0 Å². The highest BCUT2D eigenvalue weighted by atomic mass is 15.1. The Morgan fingerprint density at radius 1 is 0.696 bits per heavy atom. The van der Waals surface area contributed by atoms with Gasteiger partial charge >= 0.3 is 0 Å². The van der Waals surface area contributed by atoms with E-state index in [-0.39, 0.29) is 12.1 Å². The van der Waals surface area contributed by atoms with Gasteiger partial charge in [0, 0.05) is 6.20 Å². The fourth-order valence-electron chi connectivity index (χ4n) is 2.96. The molecule has 3 heteroatoms. The second-order valence-corrected chi connectivity index (χ2v) is 5.58. The summed E-state index contributed by atoms with van der Waals surface area (Å²) in [4.78, 5) is 9.35. The number of nitrogens with zero attached hydrogens (tertiary/aromatic N) is 2. The molecule has 2 heterocycles. The van der Waals surface area contributed by atoms with E-state index in [0.29, 0.717) is 0 Å².